The molecule has 2 unspecified atom stereocenters. The molecule has 6 nitrogen and oxygen atoms in total. The summed E-state index contributed by atoms with van der Waals surface area (Å²) in [5, 5.41) is 3.85. The van der Waals surface area contributed by atoms with Gasteiger partial charge in [-0.1, -0.05) is 13.3 Å². The van der Waals surface area contributed by atoms with Gasteiger partial charge in [-0.05, 0) is 12.3 Å². The largest absolute Gasteiger partial charge is 0.337 e. The number of nitrogens with one attached hydrogen (secondary N) is 1. The van der Waals surface area contributed by atoms with Crippen molar-refractivity contribution in [3.8, 4) is 0 Å². The Hall–Kier alpha value is -1.43. The van der Waals surface area contributed by atoms with Gasteiger partial charge in [0, 0.05) is 32.0 Å². The lowest BCUT2D eigenvalue weighted by atomic mass is 9.90. The van der Waals surface area contributed by atoms with Crippen LogP contribution >= 0.6 is 0 Å². The van der Waals surface area contributed by atoms with E-state index in [0.29, 0.717) is 37.6 Å². The first-order valence-electron chi connectivity index (χ1n) is 6.52. The summed E-state index contributed by atoms with van der Waals surface area (Å²) < 4.78 is 0. The highest BCUT2D eigenvalue weighted by Gasteiger charge is 2.30. The number of hydrazone groups is 1. The normalized spacial score (nSPS) is 28.7. The topological polar surface area (TPSA) is 87.8 Å². The van der Waals surface area contributed by atoms with E-state index in [0.717, 1.165) is 12.8 Å². The molecule has 1 fully saturated rings. The van der Waals surface area contributed by atoms with E-state index in [1.54, 1.807) is 0 Å². The molecule has 0 radical (unpaired) electrons. The molecule has 2 aliphatic heterocycles. The molecule has 3 N–H and O–H groups in total. The summed E-state index contributed by atoms with van der Waals surface area (Å²) in [5.74, 6) is 0.181. The molecule has 2 amide bonds. The van der Waals surface area contributed by atoms with Gasteiger partial charge in [0.1, 0.15) is 5.71 Å². The summed E-state index contributed by atoms with van der Waals surface area (Å²) in [4.78, 5) is 25.0. The number of likely N-dealkylation sites (tertiary alicyclic amines) is 1. The number of hydrogen-bond acceptors (Lipinski definition) is 4. The fourth-order valence-corrected chi connectivity index (χ4v) is 2.48. The van der Waals surface area contributed by atoms with Gasteiger partial charge in [0.2, 0.25) is 5.91 Å². The van der Waals surface area contributed by atoms with Gasteiger partial charge in [0.25, 0.3) is 5.91 Å². The summed E-state index contributed by atoms with van der Waals surface area (Å²) in [6.45, 7) is 3.48. The summed E-state index contributed by atoms with van der Waals surface area (Å²) in [6, 6.07) is 0.187. The number of rotatable bonds is 2. The molecule has 18 heavy (non-hydrogen) atoms. The first kappa shape index (κ1) is 13.0. The van der Waals surface area contributed by atoms with Gasteiger partial charge in [0.05, 0.1) is 0 Å². The van der Waals surface area contributed by atoms with Gasteiger partial charge in [-0.15, -0.1) is 0 Å². The van der Waals surface area contributed by atoms with E-state index in [4.69, 9.17) is 5.73 Å². The summed E-state index contributed by atoms with van der Waals surface area (Å²) in [6.07, 6.45) is 2.59. The monoisotopic (exact) mass is 252 g/mol. The quantitative estimate of drug-likeness (QED) is 0.715. The van der Waals surface area contributed by atoms with E-state index in [1.165, 1.54) is 0 Å². The van der Waals surface area contributed by atoms with Gasteiger partial charge < -0.3 is 10.6 Å². The molecule has 0 aromatic heterocycles. The first-order valence-corrected chi connectivity index (χ1v) is 6.52. The molecular formula is C12H20N4O2. The summed E-state index contributed by atoms with van der Waals surface area (Å²) in [7, 11) is 0. The number of nitrogens with zero attached hydrogens (tertiary/aromatic N) is 2. The predicted octanol–water partition coefficient (Wildman–Crippen LogP) is -0.162. The Morgan fingerprint density at radius 2 is 2.33 bits per heavy atom. The van der Waals surface area contributed by atoms with Gasteiger partial charge in [-0.2, -0.15) is 5.10 Å². The number of carbonyl (C=O) groups is 2. The minimum Gasteiger partial charge on any atom is -0.337 e. The van der Waals surface area contributed by atoms with Crippen molar-refractivity contribution >= 4 is 17.5 Å². The molecular weight excluding hydrogens is 232 g/mol. The van der Waals surface area contributed by atoms with Crippen LogP contribution < -0.4 is 11.2 Å². The Morgan fingerprint density at radius 1 is 1.56 bits per heavy atom. The van der Waals surface area contributed by atoms with Crippen molar-refractivity contribution < 1.29 is 9.59 Å². The van der Waals surface area contributed by atoms with E-state index in [-0.39, 0.29) is 17.9 Å². The maximum Gasteiger partial charge on any atom is 0.270 e. The van der Waals surface area contributed by atoms with Crippen LogP contribution in [0.4, 0.5) is 0 Å². The van der Waals surface area contributed by atoms with E-state index in [9.17, 15) is 9.59 Å². The minimum atomic E-state index is -0.126. The third kappa shape index (κ3) is 2.69. The molecule has 2 rings (SSSR count). The van der Waals surface area contributed by atoms with Gasteiger partial charge in [-0.3, -0.25) is 9.59 Å². The van der Waals surface area contributed by atoms with Crippen molar-refractivity contribution in [2.24, 2.45) is 16.8 Å². The first-order chi connectivity index (χ1) is 8.61. The highest BCUT2D eigenvalue weighted by atomic mass is 16.2. The van der Waals surface area contributed by atoms with Gasteiger partial charge >= 0.3 is 0 Å². The van der Waals surface area contributed by atoms with Crippen LogP contribution in [0.1, 0.15) is 32.6 Å². The van der Waals surface area contributed by atoms with E-state index < -0.39 is 0 Å². The molecule has 0 aromatic rings. The maximum atomic E-state index is 12.2. The van der Waals surface area contributed by atoms with Crippen LogP contribution in [0.15, 0.2) is 5.10 Å². The molecule has 1 saturated heterocycles. The average molecular weight is 252 g/mol. The zero-order valence-corrected chi connectivity index (χ0v) is 10.7. The van der Waals surface area contributed by atoms with Crippen molar-refractivity contribution in [3.63, 3.8) is 0 Å². The smallest absolute Gasteiger partial charge is 0.270 e. The van der Waals surface area contributed by atoms with Crippen LogP contribution in [0.5, 0.6) is 0 Å². The second-order valence-electron chi connectivity index (χ2n) is 4.97. The molecule has 0 bridgehead atoms. The zero-order chi connectivity index (χ0) is 13.1. The molecule has 0 aromatic carbocycles. The summed E-state index contributed by atoms with van der Waals surface area (Å²) in [5.41, 5.74) is 8.84. The maximum absolute atomic E-state index is 12.2. The fraction of sp³-hybridized carbons (Fsp3) is 0.750. The van der Waals surface area contributed by atoms with Crippen molar-refractivity contribution in [2.75, 3.05) is 13.1 Å². The molecule has 2 heterocycles. The fourth-order valence-electron chi connectivity index (χ4n) is 2.48. The molecule has 2 aliphatic rings. The molecule has 0 aliphatic carbocycles. The predicted molar refractivity (Wildman–Crippen MR) is 67.8 cm³/mol. The lowest BCUT2D eigenvalue weighted by molar-refractivity contribution is -0.126. The Labute approximate surface area is 107 Å². The lowest BCUT2D eigenvalue weighted by Gasteiger charge is -2.36. The molecule has 100 valence electrons. The van der Waals surface area contributed by atoms with Crippen molar-refractivity contribution in [1.29, 1.82) is 0 Å². The number of piperidine rings is 1. The van der Waals surface area contributed by atoms with Gasteiger partial charge in [0.15, 0.2) is 0 Å². The van der Waals surface area contributed by atoms with Crippen molar-refractivity contribution in [3.05, 3.63) is 0 Å². The van der Waals surface area contributed by atoms with E-state index in [2.05, 4.69) is 17.5 Å². The Morgan fingerprint density at radius 3 is 2.94 bits per heavy atom. The third-order valence-corrected chi connectivity index (χ3v) is 3.76. The van der Waals surface area contributed by atoms with Crippen LogP contribution in [0.3, 0.4) is 0 Å². The Kier molecular flexibility index (Phi) is 3.96. The molecule has 0 spiro atoms. The standard InChI is InChI=1S/C12H20N4O2/c1-2-8-7-16(6-5-9(8)13)12(18)10-3-4-11(17)15-14-10/h8-9H,2-7,13H2,1H3,(H,15,17). The van der Waals surface area contributed by atoms with Crippen LogP contribution in [0.2, 0.25) is 0 Å². The van der Waals surface area contributed by atoms with Gasteiger partial charge in [-0.25, -0.2) is 5.43 Å². The van der Waals surface area contributed by atoms with Crippen molar-refractivity contribution in [2.45, 2.75) is 38.6 Å². The SMILES string of the molecule is CCC1CN(C(=O)C2=NNC(=O)CC2)CCC1N. The second kappa shape index (κ2) is 5.48. The van der Waals surface area contributed by atoms with Crippen LogP contribution in [0.25, 0.3) is 0 Å². The Bertz CT molecular complexity index is 380. The number of nitrogens with two attached hydrogens (primary N) is 1. The summed E-state index contributed by atoms with van der Waals surface area (Å²) >= 11 is 0. The molecule has 0 saturated carbocycles. The third-order valence-electron chi connectivity index (χ3n) is 3.76. The number of amides is 2. The highest BCUT2D eigenvalue weighted by molar-refractivity contribution is 6.39. The highest BCUT2D eigenvalue weighted by Crippen LogP contribution is 2.19. The molecule has 6 heteroatoms. The second-order valence-corrected chi connectivity index (χ2v) is 4.97. The van der Waals surface area contributed by atoms with Crippen LogP contribution in [-0.2, 0) is 9.59 Å². The van der Waals surface area contributed by atoms with Crippen LogP contribution in [0, 0.1) is 5.92 Å². The number of carbonyl (C=O) groups excluding carboxylic acids is 2. The van der Waals surface area contributed by atoms with E-state index in [1.807, 2.05) is 4.90 Å². The minimum absolute atomic E-state index is 0.0552. The van der Waals surface area contributed by atoms with Crippen molar-refractivity contribution in [1.82, 2.24) is 10.3 Å². The lowest BCUT2D eigenvalue weighted by Crippen LogP contribution is -2.51. The average Bonchev–Trinajstić information content (AvgIpc) is 2.39. The van der Waals surface area contributed by atoms with E-state index >= 15 is 0 Å². The molecule has 2 atom stereocenters. The number of hydrogen-bond donors (Lipinski definition) is 2. The Balaban J connectivity index is 1.99. The van der Waals surface area contributed by atoms with Crippen LogP contribution in [-0.4, -0.2) is 41.6 Å². The zero-order valence-electron chi connectivity index (χ0n) is 10.7.